The van der Waals surface area contributed by atoms with Gasteiger partial charge < -0.3 is 19.3 Å². The largest absolute Gasteiger partial charge is 0.454 e. The third-order valence-electron chi connectivity index (χ3n) is 6.44. The minimum absolute atomic E-state index is 0.209. The van der Waals surface area contributed by atoms with Crippen LogP contribution < -0.4 is 19.7 Å². The molecule has 0 saturated carbocycles. The van der Waals surface area contributed by atoms with E-state index in [4.69, 9.17) is 31.2 Å². The lowest BCUT2D eigenvalue weighted by atomic mass is 9.94. The summed E-state index contributed by atoms with van der Waals surface area (Å²) >= 11 is 5.86. The van der Waals surface area contributed by atoms with Gasteiger partial charge in [0.15, 0.2) is 16.6 Å². The van der Waals surface area contributed by atoms with Crippen LogP contribution in [0.2, 0.25) is 0 Å². The smallest absolute Gasteiger partial charge is 0.258 e. The molecule has 2 aliphatic heterocycles. The maximum Gasteiger partial charge on any atom is 0.258 e. The molecule has 0 saturated heterocycles. The number of allylic oxidation sites excluding steroid dienone is 1. The highest BCUT2D eigenvalue weighted by atomic mass is 32.1. The fourth-order valence-electron chi connectivity index (χ4n) is 4.60. The molecule has 3 heterocycles. The number of thiocarbonyl (C=S) groups is 1. The topological polar surface area (TPSA) is 72.7 Å². The van der Waals surface area contributed by atoms with Gasteiger partial charge in [0.25, 0.3) is 5.89 Å². The van der Waals surface area contributed by atoms with Crippen molar-refractivity contribution >= 4 is 28.6 Å². The number of benzene rings is 3. The van der Waals surface area contributed by atoms with Crippen molar-refractivity contribution in [2.45, 2.75) is 26.8 Å². The highest BCUT2D eigenvalue weighted by molar-refractivity contribution is 7.80. The maximum atomic E-state index is 5.86. The van der Waals surface area contributed by atoms with E-state index >= 15 is 0 Å². The minimum Gasteiger partial charge on any atom is -0.454 e. The molecule has 3 aromatic carbocycles. The van der Waals surface area contributed by atoms with Crippen molar-refractivity contribution in [3.8, 4) is 22.9 Å². The number of hydrogen-bond acceptors (Lipinski definition) is 6. The molecule has 180 valence electrons. The SMILES string of the molecule is CC1=C(c2nc(-c3cccc(C)c3)no2)C(c2ccc(C)cc2)NC(=S)N1c1ccc2c(c1)OCO2. The number of rotatable bonds is 4. The number of aryl methyl sites for hydroxylation is 2. The molecule has 0 bridgehead atoms. The Labute approximate surface area is 214 Å². The van der Waals surface area contributed by atoms with Gasteiger partial charge in [-0.3, -0.25) is 4.90 Å². The molecule has 2 aliphatic rings. The summed E-state index contributed by atoms with van der Waals surface area (Å²) in [5.41, 5.74) is 6.87. The number of anilines is 1. The first-order valence-electron chi connectivity index (χ1n) is 11.7. The van der Waals surface area contributed by atoms with Crippen LogP contribution in [-0.4, -0.2) is 22.0 Å². The maximum absolute atomic E-state index is 5.86. The fourth-order valence-corrected chi connectivity index (χ4v) is 4.96. The molecule has 0 fully saturated rings. The molecular weight excluding hydrogens is 472 g/mol. The highest BCUT2D eigenvalue weighted by Crippen LogP contribution is 2.42. The Morgan fingerprint density at radius 2 is 1.72 bits per heavy atom. The first kappa shape index (κ1) is 22.3. The molecule has 8 heteroatoms. The van der Waals surface area contributed by atoms with Crippen molar-refractivity contribution in [1.29, 1.82) is 0 Å². The number of nitrogens with zero attached hydrogens (tertiary/aromatic N) is 3. The van der Waals surface area contributed by atoms with Gasteiger partial charge in [-0.1, -0.05) is 58.7 Å². The first-order chi connectivity index (χ1) is 17.5. The lowest BCUT2D eigenvalue weighted by Gasteiger charge is -2.37. The molecule has 0 amide bonds. The molecule has 1 aromatic heterocycles. The van der Waals surface area contributed by atoms with Crippen LogP contribution in [0.4, 0.5) is 5.69 Å². The van der Waals surface area contributed by atoms with Crippen LogP contribution in [0.25, 0.3) is 17.0 Å². The number of nitrogens with one attached hydrogen (secondary N) is 1. The lowest BCUT2D eigenvalue weighted by molar-refractivity contribution is 0.174. The fraction of sp³-hybridized carbons (Fsp3) is 0.179. The van der Waals surface area contributed by atoms with Gasteiger partial charge in [-0.2, -0.15) is 4.98 Å². The van der Waals surface area contributed by atoms with Crippen LogP contribution in [-0.2, 0) is 0 Å². The Kier molecular flexibility index (Phi) is 5.45. The van der Waals surface area contributed by atoms with Crippen molar-refractivity contribution in [3.05, 3.63) is 95.0 Å². The molecule has 7 nitrogen and oxygen atoms in total. The van der Waals surface area contributed by atoms with Gasteiger partial charge in [0.05, 0.1) is 17.3 Å². The molecule has 36 heavy (non-hydrogen) atoms. The third kappa shape index (κ3) is 3.89. The molecule has 0 aliphatic carbocycles. The monoisotopic (exact) mass is 496 g/mol. The Balaban J connectivity index is 1.49. The second-order valence-corrected chi connectivity index (χ2v) is 9.34. The predicted molar refractivity (Wildman–Crippen MR) is 142 cm³/mol. The lowest BCUT2D eigenvalue weighted by Crippen LogP contribution is -2.46. The zero-order chi connectivity index (χ0) is 24.8. The van der Waals surface area contributed by atoms with Crippen molar-refractivity contribution in [1.82, 2.24) is 15.5 Å². The normalized spacial score (nSPS) is 16.9. The first-order valence-corrected chi connectivity index (χ1v) is 12.1. The minimum atomic E-state index is -0.255. The van der Waals surface area contributed by atoms with E-state index in [1.54, 1.807) is 0 Å². The number of fused-ring (bicyclic) bond motifs is 1. The average Bonchev–Trinajstić information content (AvgIpc) is 3.54. The van der Waals surface area contributed by atoms with Gasteiger partial charge >= 0.3 is 0 Å². The van der Waals surface area contributed by atoms with Crippen LogP contribution >= 0.6 is 12.2 Å². The van der Waals surface area contributed by atoms with Crippen molar-refractivity contribution in [3.63, 3.8) is 0 Å². The van der Waals surface area contributed by atoms with Gasteiger partial charge in [-0.25, -0.2) is 0 Å². The molecule has 0 spiro atoms. The summed E-state index contributed by atoms with van der Waals surface area (Å²) in [7, 11) is 0. The Hall–Kier alpha value is -4.17. The summed E-state index contributed by atoms with van der Waals surface area (Å²) in [4.78, 5) is 6.78. The van der Waals surface area contributed by atoms with E-state index in [0.29, 0.717) is 28.3 Å². The van der Waals surface area contributed by atoms with Gasteiger partial charge in [0.1, 0.15) is 0 Å². The van der Waals surface area contributed by atoms with E-state index in [-0.39, 0.29) is 12.8 Å². The standard InChI is InChI=1S/C28H24N4O3S/c1-16-7-9-19(10-8-16)25-24(27-30-26(31-35-27)20-6-4-5-17(2)13-20)18(3)32(28(36)29-25)21-11-12-22-23(14-21)34-15-33-22/h4-14,25H,15H2,1-3H3,(H,29,36). The predicted octanol–water partition coefficient (Wildman–Crippen LogP) is 5.95. The Morgan fingerprint density at radius 1 is 0.917 bits per heavy atom. The number of hydrogen-bond donors (Lipinski definition) is 1. The molecule has 1 atom stereocenters. The molecular formula is C28H24N4O3S. The zero-order valence-electron chi connectivity index (χ0n) is 20.1. The average molecular weight is 497 g/mol. The van der Waals surface area contributed by atoms with E-state index < -0.39 is 0 Å². The van der Waals surface area contributed by atoms with E-state index in [2.05, 4.69) is 41.7 Å². The molecule has 0 radical (unpaired) electrons. The summed E-state index contributed by atoms with van der Waals surface area (Å²) in [6.07, 6.45) is 0. The van der Waals surface area contributed by atoms with Gasteiger partial charge in [-0.15, -0.1) is 0 Å². The van der Waals surface area contributed by atoms with Crippen molar-refractivity contribution in [2.75, 3.05) is 11.7 Å². The summed E-state index contributed by atoms with van der Waals surface area (Å²) in [5.74, 6) is 2.38. The van der Waals surface area contributed by atoms with Crippen LogP contribution in [0.5, 0.6) is 11.5 Å². The van der Waals surface area contributed by atoms with Crippen LogP contribution in [0.1, 0.15) is 35.5 Å². The molecule has 1 unspecified atom stereocenters. The molecule has 4 aromatic rings. The Morgan fingerprint density at radius 3 is 2.53 bits per heavy atom. The van der Waals surface area contributed by atoms with E-state index in [1.807, 2.05) is 61.2 Å². The number of ether oxygens (including phenoxy) is 2. The van der Waals surface area contributed by atoms with Gasteiger partial charge in [0, 0.05) is 17.3 Å². The summed E-state index contributed by atoms with van der Waals surface area (Å²) in [5, 5.41) is 8.38. The summed E-state index contributed by atoms with van der Waals surface area (Å²) in [6, 6.07) is 21.9. The summed E-state index contributed by atoms with van der Waals surface area (Å²) in [6.45, 7) is 6.34. The van der Waals surface area contributed by atoms with Crippen LogP contribution in [0.3, 0.4) is 0 Å². The zero-order valence-corrected chi connectivity index (χ0v) is 20.9. The number of aromatic nitrogens is 2. The van der Waals surface area contributed by atoms with E-state index in [9.17, 15) is 0 Å². The van der Waals surface area contributed by atoms with Crippen LogP contribution in [0.15, 0.2) is 77.0 Å². The molecule has 1 N–H and O–H groups in total. The second kappa shape index (κ2) is 8.80. The highest BCUT2D eigenvalue weighted by Gasteiger charge is 2.35. The Bertz CT molecular complexity index is 1510. The third-order valence-corrected chi connectivity index (χ3v) is 6.74. The van der Waals surface area contributed by atoms with Crippen molar-refractivity contribution < 1.29 is 14.0 Å². The van der Waals surface area contributed by atoms with Gasteiger partial charge in [0.2, 0.25) is 12.6 Å². The molecule has 6 rings (SSSR count). The quantitative estimate of drug-likeness (QED) is 0.348. The van der Waals surface area contributed by atoms with Crippen LogP contribution in [0, 0.1) is 13.8 Å². The van der Waals surface area contributed by atoms with Gasteiger partial charge in [-0.05, 0) is 56.8 Å². The summed E-state index contributed by atoms with van der Waals surface area (Å²) < 4.78 is 17.0. The van der Waals surface area contributed by atoms with Crippen molar-refractivity contribution in [2.24, 2.45) is 0 Å². The second-order valence-electron chi connectivity index (χ2n) is 8.96. The van der Waals surface area contributed by atoms with E-state index in [0.717, 1.165) is 33.6 Å². The van der Waals surface area contributed by atoms with E-state index in [1.165, 1.54) is 5.56 Å².